The topological polar surface area (TPSA) is 12.0 Å². The van der Waals surface area contributed by atoms with Crippen LogP contribution in [0.5, 0.6) is 0 Å². The largest absolute Gasteiger partial charge is 0.309 e. The summed E-state index contributed by atoms with van der Waals surface area (Å²) in [4.78, 5) is 2.83. The van der Waals surface area contributed by atoms with Crippen LogP contribution in [0, 0.1) is 6.92 Å². The van der Waals surface area contributed by atoms with Gasteiger partial charge in [-0.3, -0.25) is 0 Å². The summed E-state index contributed by atoms with van der Waals surface area (Å²) >= 11 is 5.21. The molecule has 0 saturated heterocycles. The Morgan fingerprint density at radius 2 is 2.36 bits per heavy atom. The van der Waals surface area contributed by atoms with Crippen LogP contribution in [-0.2, 0) is 6.42 Å². The van der Waals surface area contributed by atoms with Crippen LogP contribution in [0.3, 0.4) is 0 Å². The van der Waals surface area contributed by atoms with E-state index in [9.17, 15) is 0 Å². The zero-order valence-corrected chi connectivity index (χ0v) is 11.0. The molecule has 1 atom stereocenters. The van der Waals surface area contributed by atoms with E-state index in [-0.39, 0.29) is 0 Å². The van der Waals surface area contributed by atoms with Crippen molar-refractivity contribution in [3.63, 3.8) is 0 Å². The quantitative estimate of drug-likeness (QED) is 0.866. The monoisotopic (exact) mass is 273 g/mol. The Bertz CT molecular complexity index is 306. The summed E-state index contributed by atoms with van der Waals surface area (Å²) in [6, 6.07) is 4.89. The van der Waals surface area contributed by atoms with Gasteiger partial charge in [0.25, 0.3) is 0 Å². The van der Waals surface area contributed by atoms with Gasteiger partial charge in [-0.15, -0.1) is 11.3 Å². The van der Waals surface area contributed by atoms with Gasteiger partial charge in [-0.25, -0.2) is 0 Å². The Morgan fingerprint density at radius 3 is 2.86 bits per heavy atom. The third-order valence-corrected chi connectivity index (χ3v) is 3.25. The smallest absolute Gasteiger partial charge is 0.0268 e. The molecule has 0 spiro atoms. The van der Waals surface area contributed by atoms with Crippen LogP contribution in [0.15, 0.2) is 23.2 Å². The lowest BCUT2D eigenvalue weighted by Crippen LogP contribution is -2.28. The number of thiophene rings is 1. The molecule has 1 nitrogen and oxygen atoms in total. The van der Waals surface area contributed by atoms with E-state index < -0.39 is 0 Å². The molecule has 0 amide bonds. The van der Waals surface area contributed by atoms with Gasteiger partial charge in [0.15, 0.2) is 0 Å². The molecule has 0 aliphatic carbocycles. The highest BCUT2D eigenvalue weighted by molar-refractivity contribution is 9.11. The van der Waals surface area contributed by atoms with E-state index in [0.29, 0.717) is 6.04 Å². The molecule has 1 rings (SSSR count). The van der Waals surface area contributed by atoms with Gasteiger partial charge in [-0.05, 0) is 32.4 Å². The second-order valence-corrected chi connectivity index (χ2v) is 6.01. The zero-order chi connectivity index (χ0) is 10.6. The molecular weight excluding hydrogens is 258 g/mol. The van der Waals surface area contributed by atoms with E-state index in [1.807, 2.05) is 11.3 Å². The zero-order valence-electron chi connectivity index (χ0n) is 8.64. The average molecular weight is 274 g/mol. The molecule has 0 radical (unpaired) electrons. The van der Waals surface area contributed by atoms with Crippen LogP contribution in [-0.4, -0.2) is 12.6 Å². The molecule has 1 aromatic rings. The Balaban J connectivity index is 2.33. The van der Waals surface area contributed by atoms with Crippen LogP contribution >= 0.6 is 27.3 Å². The van der Waals surface area contributed by atoms with Gasteiger partial charge < -0.3 is 5.32 Å². The number of rotatable bonds is 5. The van der Waals surface area contributed by atoms with Crippen LogP contribution in [0.4, 0.5) is 0 Å². The molecule has 1 heterocycles. The van der Waals surface area contributed by atoms with Crippen molar-refractivity contribution in [1.29, 1.82) is 0 Å². The molecule has 1 unspecified atom stereocenters. The van der Waals surface area contributed by atoms with Crippen molar-refractivity contribution in [1.82, 2.24) is 5.32 Å². The summed E-state index contributed by atoms with van der Waals surface area (Å²) in [5.41, 5.74) is 0. The van der Waals surface area contributed by atoms with Crippen molar-refractivity contribution in [2.24, 2.45) is 0 Å². The van der Waals surface area contributed by atoms with Gasteiger partial charge in [0.1, 0.15) is 0 Å². The van der Waals surface area contributed by atoms with Crippen LogP contribution in [0.1, 0.15) is 16.7 Å². The molecule has 0 bridgehead atoms. The van der Waals surface area contributed by atoms with E-state index in [1.54, 1.807) is 0 Å². The molecule has 0 aliphatic heterocycles. The highest BCUT2D eigenvalue weighted by atomic mass is 79.9. The Kier molecular flexibility index (Phi) is 4.85. The van der Waals surface area contributed by atoms with Gasteiger partial charge in [0, 0.05) is 26.8 Å². The number of nitrogens with one attached hydrogen (secondary N) is 1. The van der Waals surface area contributed by atoms with Crippen LogP contribution < -0.4 is 5.32 Å². The standard InChI is InChI=1S/C11H16BrNS/c1-8(12)7-13-9(2)6-11-5-4-10(3)14-11/h4-5,9,13H,1,6-7H2,2-3H3. The molecule has 0 aliphatic rings. The van der Waals surface area contributed by atoms with E-state index in [1.165, 1.54) is 9.75 Å². The van der Waals surface area contributed by atoms with Crippen molar-refractivity contribution in [2.45, 2.75) is 26.3 Å². The first kappa shape index (κ1) is 12.0. The average Bonchev–Trinajstić information content (AvgIpc) is 2.48. The summed E-state index contributed by atoms with van der Waals surface area (Å²) in [6.07, 6.45) is 1.10. The van der Waals surface area contributed by atoms with E-state index >= 15 is 0 Å². The lowest BCUT2D eigenvalue weighted by atomic mass is 10.2. The lowest BCUT2D eigenvalue weighted by molar-refractivity contribution is 0.583. The predicted octanol–water partition coefficient (Wildman–Crippen LogP) is 3.49. The minimum Gasteiger partial charge on any atom is -0.309 e. The molecule has 0 fully saturated rings. The normalized spacial score (nSPS) is 12.8. The fraction of sp³-hybridized carbons (Fsp3) is 0.455. The summed E-state index contributed by atoms with van der Waals surface area (Å²) in [6.45, 7) is 8.98. The number of halogens is 1. The maximum atomic E-state index is 3.80. The Labute approximate surface area is 98.4 Å². The number of hydrogen-bond donors (Lipinski definition) is 1. The van der Waals surface area contributed by atoms with Gasteiger partial charge >= 0.3 is 0 Å². The third-order valence-electron chi connectivity index (χ3n) is 1.95. The van der Waals surface area contributed by atoms with E-state index in [0.717, 1.165) is 17.4 Å². The molecule has 1 N–H and O–H groups in total. The molecule has 14 heavy (non-hydrogen) atoms. The number of hydrogen-bond acceptors (Lipinski definition) is 2. The summed E-state index contributed by atoms with van der Waals surface area (Å²) in [7, 11) is 0. The molecule has 1 aromatic heterocycles. The summed E-state index contributed by atoms with van der Waals surface area (Å²) < 4.78 is 1.01. The van der Waals surface area contributed by atoms with Crippen molar-refractivity contribution < 1.29 is 0 Å². The van der Waals surface area contributed by atoms with Gasteiger partial charge in [0.2, 0.25) is 0 Å². The number of aryl methyl sites for hydroxylation is 1. The summed E-state index contributed by atoms with van der Waals surface area (Å²) in [5.74, 6) is 0. The molecule has 78 valence electrons. The van der Waals surface area contributed by atoms with Crippen molar-refractivity contribution in [2.75, 3.05) is 6.54 Å². The van der Waals surface area contributed by atoms with Gasteiger partial charge in [-0.1, -0.05) is 22.5 Å². The van der Waals surface area contributed by atoms with E-state index in [4.69, 9.17) is 0 Å². The molecule has 0 aromatic carbocycles. The minimum atomic E-state index is 0.502. The molecular formula is C11H16BrNS. The maximum absolute atomic E-state index is 3.80. The second kappa shape index (κ2) is 5.69. The van der Waals surface area contributed by atoms with Gasteiger partial charge in [0.05, 0.1) is 0 Å². The highest BCUT2D eigenvalue weighted by Gasteiger charge is 2.04. The SMILES string of the molecule is C=C(Br)CNC(C)Cc1ccc(C)s1. The minimum absolute atomic E-state index is 0.502. The Hall–Kier alpha value is -0.120. The summed E-state index contributed by atoms with van der Waals surface area (Å²) in [5, 5.41) is 3.40. The third kappa shape index (κ3) is 4.40. The molecule has 3 heteroatoms. The van der Waals surface area contributed by atoms with Crippen LogP contribution in [0.2, 0.25) is 0 Å². The van der Waals surface area contributed by atoms with Crippen molar-refractivity contribution >= 4 is 27.3 Å². The maximum Gasteiger partial charge on any atom is 0.0268 e. The first-order valence-electron chi connectivity index (χ1n) is 4.70. The van der Waals surface area contributed by atoms with Crippen LogP contribution in [0.25, 0.3) is 0 Å². The van der Waals surface area contributed by atoms with Gasteiger partial charge in [-0.2, -0.15) is 0 Å². The predicted molar refractivity (Wildman–Crippen MR) is 68.3 cm³/mol. The highest BCUT2D eigenvalue weighted by Crippen LogP contribution is 2.16. The molecule has 0 saturated carbocycles. The van der Waals surface area contributed by atoms with Crippen molar-refractivity contribution in [3.8, 4) is 0 Å². The van der Waals surface area contributed by atoms with Crippen molar-refractivity contribution in [3.05, 3.63) is 32.9 Å². The lowest BCUT2D eigenvalue weighted by Gasteiger charge is -2.11. The fourth-order valence-electron chi connectivity index (χ4n) is 1.25. The first-order valence-corrected chi connectivity index (χ1v) is 6.31. The Morgan fingerprint density at radius 1 is 1.64 bits per heavy atom. The fourth-order valence-corrected chi connectivity index (χ4v) is 2.43. The first-order chi connectivity index (χ1) is 6.58. The van der Waals surface area contributed by atoms with E-state index in [2.05, 4.69) is 53.8 Å². The second-order valence-electron chi connectivity index (χ2n) is 3.52.